The molecule has 2 aliphatic heterocycles. The van der Waals surface area contributed by atoms with Crippen LogP contribution < -0.4 is 19.5 Å². The zero-order valence-electron chi connectivity index (χ0n) is 13.2. The summed E-state index contributed by atoms with van der Waals surface area (Å²) in [7, 11) is -3.81. The number of benzene rings is 2. The summed E-state index contributed by atoms with van der Waals surface area (Å²) in [6.45, 7) is 1.41. The molecule has 0 fully saturated rings. The lowest BCUT2D eigenvalue weighted by molar-refractivity contribution is 0.0946. The van der Waals surface area contributed by atoms with Crippen LogP contribution in [-0.2, 0) is 16.4 Å². The maximum Gasteiger partial charge on any atom is 0.262 e. The second kappa shape index (κ2) is 5.96. The Hall–Kier alpha value is -2.74. The number of sulfonamides is 1. The predicted molar refractivity (Wildman–Crippen MR) is 90.7 cm³/mol. The molecular weight excluding hydrogens is 344 g/mol. The van der Waals surface area contributed by atoms with E-state index in [1.807, 2.05) is 0 Å². The van der Waals surface area contributed by atoms with E-state index in [0.717, 1.165) is 12.0 Å². The molecule has 0 aromatic heterocycles. The number of fused-ring (bicyclic) bond motifs is 2. The molecule has 7 nitrogen and oxygen atoms in total. The smallest absolute Gasteiger partial charge is 0.262 e. The third-order valence-corrected chi connectivity index (χ3v) is 5.49. The van der Waals surface area contributed by atoms with Crippen molar-refractivity contribution in [3.05, 3.63) is 47.5 Å². The van der Waals surface area contributed by atoms with Crippen molar-refractivity contribution in [2.24, 2.45) is 0 Å². The summed E-state index contributed by atoms with van der Waals surface area (Å²) < 4.78 is 38.6. The highest BCUT2D eigenvalue weighted by atomic mass is 32.2. The molecule has 0 unspecified atom stereocenters. The van der Waals surface area contributed by atoms with Gasteiger partial charge in [-0.25, -0.2) is 8.42 Å². The van der Waals surface area contributed by atoms with Crippen LogP contribution in [0, 0.1) is 0 Å². The quantitative estimate of drug-likeness (QED) is 0.866. The molecule has 2 heterocycles. The van der Waals surface area contributed by atoms with Crippen molar-refractivity contribution in [1.29, 1.82) is 0 Å². The summed E-state index contributed by atoms with van der Waals surface area (Å²) >= 11 is 0. The normalized spacial score (nSPS) is 15.9. The van der Waals surface area contributed by atoms with Gasteiger partial charge in [0.1, 0.15) is 13.2 Å². The van der Waals surface area contributed by atoms with E-state index in [1.165, 1.54) is 12.1 Å². The van der Waals surface area contributed by atoms with Crippen molar-refractivity contribution >= 4 is 21.6 Å². The molecule has 0 saturated heterocycles. The summed E-state index contributed by atoms with van der Waals surface area (Å²) in [4.78, 5) is 12.0. The van der Waals surface area contributed by atoms with Gasteiger partial charge < -0.3 is 14.8 Å². The molecule has 2 aliphatic rings. The molecule has 0 aliphatic carbocycles. The van der Waals surface area contributed by atoms with Gasteiger partial charge in [-0.05, 0) is 36.2 Å². The van der Waals surface area contributed by atoms with Crippen molar-refractivity contribution in [1.82, 2.24) is 5.32 Å². The monoisotopic (exact) mass is 360 g/mol. The second-order valence-corrected chi connectivity index (χ2v) is 7.47. The van der Waals surface area contributed by atoms with E-state index in [1.54, 1.807) is 24.3 Å². The summed E-state index contributed by atoms with van der Waals surface area (Å²) in [6, 6.07) is 9.45. The lowest BCUT2D eigenvalue weighted by Gasteiger charge is -2.19. The first-order valence-corrected chi connectivity index (χ1v) is 9.35. The Morgan fingerprint density at radius 2 is 1.80 bits per heavy atom. The second-order valence-electron chi connectivity index (χ2n) is 5.79. The topological polar surface area (TPSA) is 93.7 Å². The number of carbonyl (C=O) groups excluding carboxylic acids is 1. The molecule has 2 aromatic carbocycles. The molecule has 0 saturated carbocycles. The first kappa shape index (κ1) is 15.8. The van der Waals surface area contributed by atoms with Gasteiger partial charge in [-0.2, -0.15) is 0 Å². The highest BCUT2D eigenvalue weighted by Gasteiger charge is 2.21. The molecule has 1 amide bonds. The molecule has 25 heavy (non-hydrogen) atoms. The maximum absolute atomic E-state index is 12.6. The molecule has 0 spiro atoms. The Morgan fingerprint density at radius 3 is 2.64 bits per heavy atom. The first-order chi connectivity index (χ1) is 12.0. The largest absolute Gasteiger partial charge is 0.486 e. The van der Waals surface area contributed by atoms with Crippen molar-refractivity contribution in [2.45, 2.75) is 11.3 Å². The van der Waals surface area contributed by atoms with Crippen LogP contribution in [0.15, 0.2) is 41.3 Å². The highest BCUT2D eigenvalue weighted by Crippen LogP contribution is 2.33. The molecule has 0 radical (unpaired) electrons. The van der Waals surface area contributed by atoms with E-state index in [-0.39, 0.29) is 10.8 Å². The van der Waals surface area contributed by atoms with Crippen molar-refractivity contribution in [2.75, 3.05) is 24.5 Å². The van der Waals surface area contributed by atoms with E-state index < -0.39 is 10.0 Å². The summed E-state index contributed by atoms with van der Waals surface area (Å²) in [5.74, 6) is 0.733. The van der Waals surface area contributed by atoms with Gasteiger partial charge in [0.2, 0.25) is 0 Å². The third-order valence-electron chi connectivity index (χ3n) is 4.11. The van der Waals surface area contributed by atoms with Crippen LogP contribution in [0.1, 0.15) is 15.9 Å². The SMILES string of the molecule is O=C1NCCc2ccc(NS(=O)(=O)c3ccc4c(c3)OCCO4)cc21. The Morgan fingerprint density at radius 1 is 1.00 bits per heavy atom. The van der Waals surface area contributed by atoms with Gasteiger partial charge in [-0.3, -0.25) is 9.52 Å². The third kappa shape index (κ3) is 3.00. The van der Waals surface area contributed by atoms with Crippen molar-refractivity contribution in [3.63, 3.8) is 0 Å². The van der Waals surface area contributed by atoms with Crippen molar-refractivity contribution in [3.8, 4) is 11.5 Å². The summed E-state index contributed by atoms with van der Waals surface area (Å²) in [5, 5.41) is 2.75. The van der Waals surface area contributed by atoms with E-state index in [4.69, 9.17) is 9.47 Å². The van der Waals surface area contributed by atoms with Gasteiger partial charge in [0.15, 0.2) is 11.5 Å². The predicted octanol–water partition coefficient (Wildman–Crippen LogP) is 1.54. The molecule has 4 rings (SSSR count). The maximum atomic E-state index is 12.6. The van der Waals surface area contributed by atoms with Crippen LogP contribution in [0.4, 0.5) is 5.69 Å². The number of ether oxygens (including phenoxy) is 2. The van der Waals surface area contributed by atoms with Gasteiger partial charge in [0, 0.05) is 23.9 Å². The van der Waals surface area contributed by atoms with Crippen LogP contribution in [0.3, 0.4) is 0 Å². The zero-order valence-corrected chi connectivity index (χ0v) is 14.1. The molecule has 0 atom stereocenters. The molecule has 0 bridgehead atoms. The average molecular weight is 360 g/mol. The number of amides is 1. The van der Waals surface area contributed by atoms with E-state index in [2.05, 4.69) is 10.0 Å². The Balaban J connectivity index is 1.63. The van der Waals surface area contributed by atoms with E-state index in [9.17, 15) is 13.2 Å². The fourth-order valence-corrected chi connectivity index (χ4v) is 3.94. The van der Waals surface area contributed by atoms with Crippen LogP contribution in [-0.4, -0.2) is 34.1 Å². The molecule has 2 N–H and O–H groups in total. The lowest BCUT2D eigenvalue weighted by atomic mass is 10.00. The number of rotatable bonds is 3. The van der Waals surface area contributed by atoms with Crippen LogP contribution in [0.2, 0.25) is 0 Å². The highest BCUT2D eigenvalue weighted by molar-refractivity contribution is 7.92. The molecule has 130 valence electrons. The van der Waals surface area contributed by atoms with Gasteiger partial charge in [-0.15, -0.1) is 0 Å². The Bertz CT molecular complexity index is 956. The first-order valence-electron chi connectivity index (χ1n) is 7.86. The van der Waals surface area contributed by atoms with Crippen LogP contribution in [0.25, 0.3) is 0 Å². The Kier molecular flexibility index (Phi) is 3.76. The van der Waals surface area contributed by atoms with Gasteiger partial charge >= 0.3 is 0 Å². The number of carbonyl (C=O) groups is 1. The number of nitrogens with one attached hydrogen (secondary N) is 2. The zero-order chi connectivity index (χ0) is 17.4. The fourth-order valence-electron chi connectivity index (χ4n) is 2.88. The summed E-state index contributed by atoms with van der Waals surface area (Å²) in [6.07, 6.45) is 0.732. The number of hydrogen-bond acceptors (Lipinski definition) is 5. The van der Waals surface area contributed by atoms with Gasteiger partial charge in [0.05, 0.1) is 4.90 Å². The average Bonchev–Trinajstić information content (AvgIpc) is 2.62. The lowest BCUT2D eigenvalue weighted by Crippen LogP contribution is -2.31. The molecule has 2 aromatic rings. The molecular formula is C17H16N2O5S. The number of anilines is 1. The van der Waals surface area contributed by atoms with Crippen LogP contribution in [0.5, 0.6) is 11.5 Å². The minimum Gasteiger partial charge on any atom is -0.486 e. The van der Waals surface area contributed by atoms with Crippen LogP contribution >= 0.6 is 0 Å². The van der Waals surface area contributed by atoms with Gasteiger partial charge in [-0.1, -0.05) is 6.07 Å². The number of hydrogen-bond donors (Lipinski definition) is 2. The van der Waals surface area contributed by atoms with E-state index in [0.29, 0.717) is 42.5 Å². The standard InChI is InChI=1S/C17H16N2O5S/c20-17-14-9-12(2-1-11(14)5-6-18-17)19-25(21,22)13-3-4-15-16(10-13)24-8-7-23-15/h1-4,9-10,19H,5-8H2,(H,18,20). The van der Waals surface area contributed by atoms with Crippen molar-refractivity contribution < 1.29 is 22.7 Å². The Labute approximate surface area is 145 Å². The van der Waals surface area contributed by atoms with E-state index >= 15 is 0 Å². The molecule has 8 heteroatoms. The summed E-state index contributed by atoms with van der Waals surface area (Å²) in [5.41, 5.74) is 1.74. The van der Waals surface area contributed by atoms with Gasteiger partial charge in [0.25, 0.3) is 15.9 Å². The minimum atomic E-state index is -3.81. The minimum absolute atomic E-state index is 0.0684. The fraction of sp³-hybridized carbons (Fsp3) is 0.235.